The molecule has 0 spiro atoms. The first-order valence-electron chi connectivity index (χ1n) is 11.9. The summed E-state index contributed by atoms with van der Waals surface area (Å²) in [6.07, 6.45) is -0.105. The van der Waals surface area contributed by atoms with E-state index in [4.69, 9.17) is 0 Å². The Hall–Kier alpha value is -3.70. The van der Waals surface area contributed by atoms with E-state index in [9.17, 15) is 27.9 Å². The van der Waals surface area contributed by atoms with Crippen LogP contribution in [-0.2, 0) is 25.4 Å². The van der Waals surface area contributed by atoms with E-state index in [1.165, 1.54) is 11.0 Å². The molecule has 2 aromatic rings. The predicted molar refractivity (Wildman–Crippen MR) is 139 cm³/mol. The number of aryl methyl sites for hydroxylation is 1. The number of carboxylic acids is 1. The van der Waals surface area contributed by atoms with Gasteiger partial charge in [-0.15, -0.1) is 6.58 Å². The number of hydrogen-bond acceptors (Lipinski definition) is 5. The van der Waals surface area contributed by atoms with E-state index >= 15 is 0 Å². The molecular weight excluding hydrogens is 496 g/mol. The smallest absolute Gasteiger partial charge is 0.319 e. The maximum Gasteiger partial charge on any atom is 0.319 e. The summed E-state index contributed by atoms with van der Waals surface area (Å²) < 4.78 is 28.0. The molecule has 3 N–H and O–H groups in total. The van der Waals surface area contributed by atoms with Crippen LogP contribution in [0, 0.1) is 6.92 Å². The molecule has 2 aromatic carbocycles. The Balaban J connectivity index is 1.97. The van der Waals surface area contributed by atoms with Crippen LogP contribution in [0.5, 0.6) is 0 Å². The van der Waals surface area contributed by atoms with Crippen LogP contribution in [0.4, 0.5) is 4.79 Å². The van der Waals surface area contributed by atoms with Gasteiger partial charge in [-0.3, -0.25) is 14.5 Å². The van der Waals surface area contributed by atoms with Gasteiger partial charge in [0.2, 0.25) is 10.0 Å². The SMILES string of the molecule is C=CCNC(=O)N1CCCN(S(=O)(=O)Cc2ccccc2)C1C(=O)NC(CC(=O)O)c1cccc(C)c1. The van der Waals surface area contributed by atoms with Crippen molar-refractivity contribution in [3.63, 3.8) is 0 Å². The maximum atomic E-state index is 13.7. The van der Waals surface area contributed by atoms with Gasteiger partial charge in [-0.25, -0.2) is 13.2 Å². The number of sulfonamides is 1. The van der Waals surface area contributed by atoms with Crippen molar-refractivity contribution in [3.05, 3.63) is 83.9 Å². The molecule has 0 aliphatic carbocycles. The van der Waals surface area contributed by atoms with Gasteiger partial charge in [0.1, 0.15) is 0 Å². The van der Waals surface area contributed by atoms with Crippen LogP contribution in [0.25, 0.3) is 0 Å². The van der Waals surface area contributed by atoms with Crippen molar-refractivity contribution in [2.45, 2.75) is 37.7 Å². The van der Waals surface area contributed by atoms with E-state index in [2.05, 4.69) is 17.2 Å². The molecule has 37 heavy (non-hydrogen) atoms. The Labute approximate surface area is 217 Å². The molecule has 2 unspecified atom stereocenters. The summed E-state index contributed by atoms with van der Waals surface area (Å²) in [4.78, 5) is 39.4. The van der Waals surface area contributed by atoms with Crippen LogP contribution < -0.4 is 10.6 Å². The number of hydrogen-bond donors (Lipinski definition) is 3. The zero-order valence-electron chi connectivity index (χ0n) is 20.7. The molecule has 1 heterocycles. The predicted octanol–water partition coefficient (Wildman–Crippen LogP) is 2.39. The summed E-state index contributed by atoms with van der Waals surface area (Å²) in [7, 11) is -4.03. The Kier molecular flexibility index (Phi) is 9.42. The quantitative estimate of drug-likeness (QED) is 0.405. The van der Waals surface area contributed by atoms with Crippen molar-refractivity contribution >= 4 is 27.9 Å². The summed E-state index contributed by atoms with van der Waals surface area (Å²) in [6, 6.07) is 14.1. The van der Waals surface area contributed by atoms with E-state index in [0.717, 1.165) is 9.87 Å². The third-order valence-electron chi connectivity index (χ3n) is 5.93. The van der Waals surface area contributed by atoms with Crippen LogP contribution in [0.1, 0.15) is 35.6 Å². The summed E-state index contributed by atoms with van der Waals surface area (Å²) in [6.45, 7) is 5.72. The van der Waals surface area contributed by atoms with E-state index in [-0.39, 0.29) is 25.4 Å². The van der Waals surface area contributed by atoms with Crippen molar-refractivity contribution in [2.75, 3.05) is 19.6 Å². The number of carboxylic acid groups (broad SMARTS) is 1. The minimum atomic E-state index is -4.03. The Morgan fingerprint density at radius 2 is 1.86 bits per heavy atom. The molecule has 10 nitrogen and oxygen atoms in total. The van der Waals surface area contributed by atoms with Gasteiger partial charge in [0.05, 0.1) is 18.2 Å². The van der Waals surface area contributed by atoms with E-state index in [0.29, 0.717) is 17.5 Å². The highest BCUT2D eigenvalue weighted by Gasteiger charge is 2.44. The van der Waals surface area contributed by atoms with Gasteiger partial charge in [-0.1, -0.05) is 66.2 Å². The van der Waals surface area contributed by atoms with Crippen molar-refractivity contribution < 1.29 is 27.9 Å². The minimum Gasteiger partial charge on any atom is -0.481 e. The summed E-state index contributed by atoms with van der Waals surface area (Å²) in [5, 5.41) is 14.8. The van der Waals surface area contributed by atoms with E-state index in [1.54, 1.807) is 48.5 Å². The van der Waals surface area contributed by atoms with Crippen molar-refractivity contribution in [1.29, 1.82) is 0 Å². The molecular formula is C26H32N4O6S. The lowest BCUT2D eigenvalue weighted by molar-refractivity contribution is -0.138. The number of urea groups is 1. The highest BCUT2D eigenvalue weighted by molar-refractivity contribution is 7.88. The van der Waals surface area contributed by atoms with Gasteiger partial charge in [0.25, 0.3) is 5.91 Å². The second-order valence-corrected chi connectivity index (χ2v) is 10.7. The Morgan fingerprint density at radius 1 is 1.14 bits per heavy atom. The molecule has 3 amide bonds. The van der Waals surface area contributed by atoms with Crippen molar-refractivity contribution in [3.8, 4) is 0 Å². The molecule has 2 atom stereocenters. The maximum absolute atomic E-state index is 13.7. The standard InChI is InChI=1S/C26H32N4O6S/c1-3-13-27-26(34)29-14-8-15-30(37(35,36)18-20-10-5-4-6-11-20)25(29)24(33)28-22(17-23(31)32)21-12-7-9-19(2)16-21/h3-7,9-12,16,22,25H,1,8,13-15,17-18H2,2H3,(H,27,34)(H,28,33)(H,31,32). The lowest BCUT2D eigenvalue weighted by Gasteiger charge is -2.42. The highest BCUT2D eigenvalue weighted by atomic mass is 32.2. The number of nitrogens with zero attached hydrogens (tertiary/aromatic N) is 2. The summed E-state index contributed by atoms with van der Waals surface area (Å²) >= 11 is 0. The Bertz CT molecular complexity index is 1230. The fourth-order valence-electron chi connectivity index (χ4n) is 4.26. The van der Waals surface area contributed by atoms with Crippen LogP contribution >= 0.6 is 0 Å². The Morgan fingerprint density at radius 3 is 2.51 bits per heavy atom. The molecule has 11 heteroatoms. The number of nitrogens with one attached hydrogen (secondary N) is 2. The average molecular weight is 529 g/mol. The van der Waals surface area contributed by atoms with Gasteiger partial charge in [-0.2, -0.15) is 4.31 Å². The second-order valence-electron chi connectivity index (χ2n) is 8.82. The summed E-state index contributed by atoms with van der Waals surface area (Å²) in [5.74, 6) is -2.27. The molecule has 0 radical (unpaired) electrons. The van der Waals surface area contributed by atoms with Gasteiger partial charge in [0.15, 0.2) is 6.17 Å². The highest BCUT2D eigenvalue weighted by Crippen LogP contribution is 2.24. The van der Waals surface area contributed by atoms with Crippen LogP contribution in [0.2, 0.25) is 0 Å². The van der Waals surface area contributed by atoms with Gasteiger partial charge < -0.3 is 15.7 Å². The largest absolute Gasteiger partial charge is 0.481 e. The van der Waals surface area contributed by atoms with Crippen LogP contribution in [-0.4, -0.2) is 66.4 Å². The van der Waals surface area contributed by atoms with E-state index in [1.807, 2.05) is 13.0 Å². The van der Waals surface area contributed by atoms with Crippen molar-refractivity contribution in [2.24, 2.45) is 0 Å². The number of aliphatic carboxylic acids is 1. The first-order chi connectivity index (χ1) is 17.6. The third-order valence-corrected chi connectivity index (χ3v) is 7.72. The van der Waals surface area contributed by atoms with Crippen LogP contribution in [0.15, 0.2) is 67.3 Å². The molecule has 198 valence electrons. The van der Waals surface area contributed by atoms with Crippen molar-refractivity contribution in [1.82, 2.24) is 19.8 Å². The second kappa shape index (κ2) is 12.5. The van der Waals surface area contributed by atoms with Gasteiger partial charge in [-0.05, 0) is 24.5 Å². The molecule has 3 rings (SSSR count). The number of carbonyl (C=O) groups is 3. The number of rotatable bonds is 10. The molecule has 1 aliphatic heterocycles. The molecule has 1 saturated heterocycles. The van der Waals surface area contributed by atoms with Crippen LogP contribution in [0.3, 0.4) is 0 Å². The zero-order valence-corrected chi connectivity index (χ0v) is 21.5. The number of amides is 3. The fraction of sp³-hybridized carbons (Fsp3) is 0.346. The first kappa shape index (κ1) is 27.9. The molecule has 1 fully saturated rings. The molecule has 1 aliphatic rings. The third kappa shape index (κ3) is 7.40. The first-order valence-corrected chi connectivity index (χ1v) is 13.5. The summed E-state index contributed by atoms with van der Waals surface area (Å²) in [5.41, 5.74) is 1.98. The lowest BCUT2D eigenvalue weighted by atomic mass is 10.0. The number of benzene rings is 2. The monoisotopic (exact) mass is 528 g/mol. The lowest BCUT2D eigenvalue weighted by Crippen LogP contribution is -2.65. The molecule has 0 aromatic heterocycles. The van der Waals surface area contributed by atoms with Gasteiger partial charge in [0, 0.05) is 19.6 Å². The van der Waals surface area contributed by atoms with Gasteiger partial charge >= 0.3 is 12.0 Å². The molecule has 0 saturated carbocycles. The fourth-order valence-corrected chi connectivity index (χ4v) is 5.96. The zero-order chi connectivity index (χ0) is 27.0. The normalized spacial score (nSPS) is 17.0. The topological polar surface area (TPSA) is 136 Å². The average Bonchev–Trinajstić information content (AvgIpc) is 2.86. The molecule has 0 bridgehead atoms. The minimum absolute atomic E-state index is 0.0343. The number of carbonyl (C=O) groups excluding carboxylic acids is 2. The van der Waals surface area contributed by atoms with E-state index < -0.39 is 46.6 Å².